The van der Waals surface area contributed by atoms with E-state index < -0.39 is 0 Å². The number of phenols is 1. The third-order valence-corrected chi connectivity index (χ3v) is 7.01. The van der Waals surface area contributed by atoms with Gasteiger partial charge in [-0.15, -0.1) is 0 Å². The normalized spacial score (nSPS) is 23.3. The van der Waals surface area contributed by atoms with Gasteiger partial charge in [0.1, 0.15) is 17.1 Å². The number of hydrogen-bond donors (Lipinski definition) is 1. The van der Waals surface area contributed by atoms with Gasteiger partial charge in [0.05, 0.1) is 0 Å². The first-order valence-corrected chi connectivity index (χ1v) is 10.5. The molecule has 1 aliphatic carbocycles. The summed E-state index contributed by atoms with van der Waals surface area (Å²) in [7, 11) is 0. The highest BCUT2D eigenvalue weighted by molar-refractivity contribution is 6.30. The van der Waals surface area contributed by atoms with Crippen LogP contribution in [0.2, 0.25) is 5.02 Å². The van der Waals surface area contributed by atoms with Crippen molar-refractivity contribution in [3.05, 3.63) is 69.8 Å². The maximum atomic E-state index is 11.1. The summed E-state index contributed by atoms with van der Waals surface area (Å²) in [6.45, 7) is 10.8. The first-order valence-electron chi connectivity index (χ1n) is 10.1. The Balaban J connectivity index is 1.83. The maximum absolute atomic E-state index is 11.1. The predicted molar refractivity (Wildman–Crippen MR) is 116 cm³/mol. The quantitative estimate of drug-likeness (QED) is 0.554. The minimum absolute atomic E-state index is 0.264. The molecule has 0 spiro atoms. The molecule has 4 rings (SSSR count). The van der Waals surface area contributed by atoms with Gasteiger partial charge in [0.25, 0.3) is 0 Å². The van der Waals surface area contributed by atoms with Crippen molar-refractivity contribution in [2.45, 2.75) is 64.4 Å². The Kier molecular flexibility index (Phi) is 4.54. The van der Waals surface area contributed by atoms with Crippen molar-refractivity contribution in [3.8, 4) is 11.5 Å². The van der Waals surface area contributed by atoms with Crippen molar-refractivity contribution < 1.29 is 9.84 Å². The smallest absolute Gasteiger partial charge is 0.127 e. The zero-order valence-electron chi connectivity index (χ0n) is 17.3. The summed E-state index contributed by atoms with van der Waals surface area (Å²) < 4.78 is 6.48. The molecule has 2 nitrogen and oxygen atoms in total. The van der Waals surface area contributed by atoms with Crippen LogP contribution in [-0.2, 0) is 5.41 Å². The second kappa shape index (κ2) is 6.56. The number of aromatic hydroxyl groups is 1. The van der Waals surface area contributed by atoms with Crippen molar-refractivity contribution in [1.82, 2.24) is 0 Å². The van der Waals surface area contributed by atoms with Gasteiger partial charge in [0.15, 0.2) is 0 Å². The molecule has 0 saturated heterocycles. The van der Waals surface area contributed by atoms with E-state index >= 15 is 0 Å². The van der Waals surface area contributed by atoms with Gasteiger partial charge in [-0.25, -0.2) is 0 Å². The van der Waals surface area contributed by atoms with E-state index in [0.29, 0.717) is 17.6 Å². The fourth-order valence-corrected chi connectivity index (χ4v) is 5.16. The molecular weight excluding hydrogens is 368 g/mol. The van der Waals surface area contributed by atoms with Crippen LogP contribution in [0.5, 0.6) is 11.5 Å². The molecule has 28 heavy (non-hydrogen) atoms. The third kappa shape index (κ3) is 3.12. The molecule has 0 bridgehead atoms. The average Bonchev–Trinajstić information content (AvgIpc) is 2.60. The standard InChI is InChI=1S/C25H29ClO2/c1-15-9-10-20-19(11-15)23-21(27)13-17(14-22(23)28-25(20,4)5)24(2,3)16-7-6-8-18(26)12-16/h6-9,12-14,19-20,27H,10-11H2,1-5H3/t19-,20-/m1/s1. The summed E-state index contributed by atoms with van der Waals surface area (Å²) in [6.07, 6.45) is 4.30. The SMILES string of the molecule is CC1=CC[C@@H]2[C@@H](C1)c1c(O)cc(C(C)(C)c3cccc(Cl)c3)cc1OC2(C)C. The number of rotatable bonds is 2. The van der Waals surface area contributed by atoms with Crippen LogP contribution in [0.4, 0.5) is 0 Å². The molecule has 0 saturated carbocycles. The van der Waals surface area contributed by atoms with E-state index in [9.17, 15) is 5.11 Å². The second-order valence-corrected chi connectivity index (χ2v) is 9.89. The highest BCUT2D eigenvalue weighted by Gasteiger charge is 2.46. The maximum Gasteiger partial charge on any atom is 0.127 e. The van der Waals surface area contributed by atoms with E-state index in [4.69, 9.17) is 16.3 Å². The molecule has 1 N–H and O–H groups in total. The number of allylic oxidation sites excluding steroid dienone is 2. The first kappa shape index (κ1) is 19.4. The van der Waals surface area contributed by atoms with Gasteiger partial charge in [-0.1, -0.05) is 49.2 Å². The highest BCUT2D eigenvalue weighted by atomic mass is 35.5. The van der Waals surface area contributed by atoms with Crippen molar-refractivity contribution >= 4 is 11.6 Å². The summed E-state index contributed by atoms with van der Waals surface area (Å²) in [5.41, 5.74) is 3.95. The molecule has 1 heterocycles. The average molecular weight is 397 g/mol. The number of ether oxygens (including phenoxy) is 1. The molecule has 2 atom stereocenters. The van der Waals surface area contributed by atoms with E-state index in [1.54, 1.807) is 0 Å². The van der Waals surface area contributed by atoms with Gasteiger partial charge in [-0.3, -0.25) is 0 Å². The Morgan fingerprint density at radius 1 is 1.14 bits per heavy atom. The van der Waals surface area contributed by atoms with E-state index in [1.807, 2.05) is 24.3 Å². The lowest BCUT2D eigenvalue weighted by molar-refractivity contribution is 0.00745. The van der Waals surface area contributed by atoms with E-state index in [-0.39, 0.29) is 11.0 Å². The monoisotopic (exact) mass is 396 g/mol. The molecule has 148 valence electrons. The van der Waals surface area contributed by atoms with E-state index in [1.165, 1.54) is 5.57 Å². The Bertz CT molecular complexity index is 955. The van der Waals surface area contributed by atoms with Crippen LogP contribution in [0.3, 0.4) is 0 Å². The molecule has 0 unspecified atom stereocenters. The van der Waals surface area contributed by atoms with Gasteiger partial charge in [0, 0.05) is 27.8 Å². The molecule has 0 aromatic heterocycles. The molecule has 2 aromatic rings. The van der Waals surface area contributed by atoms with E-state index in [2.05, 4.69) is 52.8 Å². The molecule has 0 amide bonds. The van der Waals surface area contributed by atoms with Crippen LogP contribution in [-0.4, -0.2) is 10.7 Å². The van der Waals surface area contributed by atoms with Crippen LogP contribution in [0.15, 0.2) is 48.0 Å². The van der Waals surface area contributed by atoms with Crippen molar-refractivity contribution in [3.63, 3.8) is 0 Å². The van der Waals surface area contributed by atoms with Gasteiger partial charge in [-0.2, -0.15) is 0 Å². The minimum atomic E-state index is -0.301. The van der Waals surface area contributed by atoms with Crippen LogP contribution >= 0.6 is 11.6 Å². The Morgan fingerprint density at radius 2 is 1.89 bits per heavy atom. The number of halogens is 1. The second-order valence-electron chi connectivity index (χ2n) is 9.45. The Morgan fingerprint density at radius 3 is 2.61 bits per heavy atom. The number of phenolic OH excluding ortho intramolecular Hbond substituents is 1. The Hall–Kier alpha value is -1.93. The van der Waals surface area contributed by atoms with Crippen LogP contribution < -0.4 is 4.74 Å². The summed E-state index contributed by atoms with van der Waals surface area (Å²) in [4.78, 5) is 0. The lowest BCUT2D eigenvalue weighted by Gasteiger charge is -2.47. The molecular formula is C25H29ClO2. The molecule has 2 aliphatic rings. The number of fused-ring (bicyclic) bond motifs is 3. The lowest BCUT2D eigenvalue weighted by Crippen LogP contribution is -2.45. The summed E-state index contributed by atoms with van der Waals surface area (Å²) in [5.74, 6) is 1.85. The largest absolute Gasteiger partial charge is 0.508 e. The third-order valence-electron chi connectivity index (χ3n) is 6.77. The van der Waals surface area contributed by atoms with E-state index in [0.717, 1.165) is 40.3 Å². The zero-order valence-corrected chi connectivity index (χ0v) is 18.1. The van der Waals surface area contributed by atoms with Crippen LogP contribution in [0, 0.1) is 5.92 Å². The van der Waals surface area contributed by atoms with Gasteiger partial charge < -0.3 is 9.84 Å². The summed E-state index contributed by atoms with van der Waals surface area (Å²) >= 11 is 6.23. The molecule has 2 aromatic carbocycles. The van der Waals surface area contributed by atoms with Gasteiger partial charge in [0.2, 0.25) is 0 Å². The van der Waals surface area contributed by atoms with Crippen molar-refractivity contribution in [2.75, 3.05) is 0 Å². The zero-order chi connectivity index (χ0) is 20.3. The lowest BCUT2D eigenvalue weighted by atomic mass is 9.66. The molecule has 0 fully saturated rings. The summed E-state index contributed by atoms with van der Waals surface area (Å²) in [5, 5.41) is 11.8. The number of hydrogen-bond acceptors (Lipinski definition) is 2. The Labute approximate surface area is 173 Å². The first-order chi connectivity index (χ1) is 13.1. The van der Waals surface area contributed by atoms with Gasteiger partial charge >= 0.3 is 0 Å². The van der Waals surface area contributed by atoms with Gasteiger partial charge in [-0.05, 0) is 69.0 Å². The molecule has 3 heteroatoms. The number of benzene rings is 2. The molecule has 0 radical (unpaired) electrons. The predicted octanol–water partition coefficient (Wildman–Crippen LogP) is 6.98. The minimum Gasteiger partial charge on any atom is -0.508 e. The topological polar surface area (TPSA) is 29.5 Å². The fourth-order valence-electron chi connectivity index (χ4n) is 4.97. The van der Waals surface area contributed by atoms with Crippen molar-refractivity contribution in [2.24, 2.45) is 5.92 Å². The van der Waals surface area contributed by atoms with Crippen molar-refractivity contribution in [1.29, 1.82) is 0 Å². The summed E-state index contributed by atoms with van der Waals surface area (Å²) in [6, 6.07) is 12.0. The van der Waals surface area contributed by atoms with Crippen LogP contribution in [0.1, 0.15) is 70.1 Å². The van der Waals surface area contributed by atoms with Crippen LogP contribution in [0.25, 0.3) is 0 Å². The fraction of sp³-hybridized carbons (Fsp3) is 0.440. The highest BCUT2D eigenvalue weighted by Crippen LogP contribution is 2.55. The molecule has 1 aliphatic heterocycles.